The Balaban J connectivity index is 2.47. The van der Waals surface area contributed by atoms with Crippen LogP contribution in [0.5, 0.6) is 0 Å². The van der Waals surface area contributed by atoms with Gasteiger partial charge in [0.1, 0.15) is 0 Å². The fourth-order valence-electron chi connectivity index (χ4n) is 1.34. The molecule has 2 N–H and O–H groups in total. The molecule has 0 aromatic carbocycles. The molecule has 0 saturated carbocycles. The zero-order valence-electron chi connectivity index (χ0n) is 10.2. The van der Waals surface area contributed by atoms with Gasteiger partial charge in [-0.05, 0) is 30.7 Å². The van der Waals surface area contributed by atoms with Gasteiger partial charge in [-0.15, -0.1) is 0 Å². The summed E-state index contributed by atoms with van der Waals surface area (Å²) in [7, 11) is -3.20. The molecule has 0 fully saturated rings. The standard InChI is InChI=1S/C11H19N3O2S/c1-3-12-6-7-17(15,16)14-9-11-4-5-13-8-10(11)2/h4-5,8,12,14H,3,6-7,9H2,1-2H3. The highest BCUT2D eigenvalue weighted by molar-refractivity contribution is 7.89. The fraction of sp³-hybridized carbons (Fsp3) is 0.545. The van der Waals surface area contributed by atoms with E-state index in [4.69, 9.17) is 0 Å². The van der Waals surface area contributed by atoms with Crippen LogP contribution < -0.4 is 10.0 Å². The van der Waals surface area contributed by atoms with Gasteiger partial charge in [0, 0.05) is 25.5 Å². The Morgan fingerprint density at radius 3 is 2.82 bits per heavy atom. The normalized spacial score (nSPS) is 11.6. The Labute approximate surface area is 103 Å². The molecule has 5 nitrogen and oxygen atoms in total. The Hall–Kier alpha value is -0.980. The molecule has 0 aliphatic rings. The molecule has 1 aromatic heterocycles. The van der Waals surface area contributed by atoms with Crippen molar-refractivity contribution >= 4 is 10.0 Å². The van der Waals surface area contributed by atoms with Crippen molar-refractivity contribution < 1.29 is 8.42 Å². The highest BCUT2D eigenvalue weighted by atomic mass is 32.2. The highest BCUT2D eigenvalue weighted by Gasteiger charge is 2.09. The minimum absolute atomic E-state index is 0.102. The maximum Gasteiger partial charge on any atom is 0.213 e. The first kappa shape index (κ1) is 14.1. The SMILES string of the molecule is CCNCCS(=O)(=O)NCc1ccncc1C. The van der Waals surface area contributed by atoms with E-state index in [9.17, 15) is 8.42 Å². The monoisotopic (exact) mass is 257 g/mol. The molecule has 0 aliphatic heterocycles. The van der Waals surface area contributed by atoms with Crippen LogP contribution in [0.1, 0.15) is 18.1 Å². The summed E-state index contributed by atoms with van der Waals surface area (Å²) in [5.74, 6) is 0.102. The van der Waals surface area contributed by atoms with Crippen molar-refractivity contribution in [2.24, 2.45) is 0 Å². The number of rotatable bonds is 7. The third-order valence-corrected chi connectivity index (χ3v) is 3.74. The van der Waals surface area contributed by atoms with E-state index in [0.717, 1.165) is 17.7 Å². The number of hydrogen-bond donors (Lipinski definition) is 2. The Kier molecular flexibility index (Phi) is 5.54. The summed E-state index contributed by atoms with van der Waals surface area (Å²) in [6.45, 7) is 5.43. The van der Waals surface area contributed by atoms with Gasteiger partial charge >= 0.3 is 0 Å². The fourth-order valence-corrected chi connectivity index (χ4v) is 2.28. The molecule has 0 bridgehead atoms. The minimum Gasteiger partial charge on any atom is -0.316 e. The van der Waals surface area contributed by atoms with Gasteiger partial charge in [-0.2, -0.15) is 0 Å². The molecule has 1 rings (SSSR count). The first-order valence-corrected chi connectivity index (χ1v) is 7.28. The quantitative estimate of drug-likeness (QED) is 0.694. The van der Waals surface area contributed by atoms with E-state index in [1.54, 1.807) is 12.4 Å². The molecule has 17 heavy (non-hydrogen) atoms. The van der Waals surface area contributed by atoms with Gasteiger partial charge in [0.2, 0.25) is 10.0 Å². The zero-order valence-corrected chi connectivity index (χ0v) is 11.0. The summed E-state index contributed by atoms with van der Waals surface area (Å²) in [5, 5.41) is 2.98. The summed E-state index contributed by atoms with van der Waals surface area (Å²) in [4.78, 5) is 3.96. The van der Waals surface area contributed by atoms with Gasteiger partial charge in [0.25, 0.3) is 0 Å². The molecule has 96 valence electrons. The van der Waals surface area contributed by atoms with E-state index in [0.29, 0.717) is 13.1 Å². The summed E-state index contributed by atoms with van der Waals surface area (Å²) in [6.07, 6.45) is 3.39. The van der Waals surface area contributed by atoms with Crippen molar-refractivity contribution in [3.63, 3.8) is 0 Å². The van der Waals surface area contributed by atoms with Crippen LogP contribution in [0.25, 0.3) is 0 Å². The molecule has 0 unspecified atom stereocenters. The molecule has 1 aromatic rings. The van der Waals surface area contributed by atoms with Crippen molar-refractivity contribution in [1.82, 2.24) is 15.0 Å². The molecule has 0 amide bonds. The van der Waals surface area contributed by atoms with Crippen molar-refractivity contribution in [3.05, 3.63) is 29.6 Å². The number of sulfonamides is 1. The van der Waals surface area contributed by atoms with Gasteiger partial charge in [-0.1, -0.05) is 6.92 Å². The Morgan fingerprint density at radius 2 is 2.18 bits per heavy atom. The third kappa shape index (κ3) is 5.25. The van der Waals surface area contributed by atoms with Crippen LogP contribution in [0.15, 0.2) is 18.5 Å². The second-order valence-electron chi connectivity index (χ2n) is 3.80. The third-order valence-electron chi connectivity index (χ3n) is 2.42. The van der Waals surface area contributed by atoms with Crippen LogP contribution in [0.4, 0.5) is 0 Å². The van der Waals surface area contributed by atoms with Crippen LogP contribution in [-0.2, 0) is 16.6 Å². The summed E-state index contributed by atoms with van der Waals surface area (Å²) in [6, 6.07) is 1.82. The summed E-state index contributed by atoms with van der Waals surface area (Å²) in [5.41, 5.74) is 1.94. The predicted octanol–water partition coefficient (Wildman–Crippen LogP) is 0.419. The number of aromatic nitrogens is 1. The van der Waals surface area contributed by atoms with Crippen LogP contribution in [0.3, 0.4) is 0 Å². The largest absolute Gasteiger partial charge is 0.316 e. The first-order chi connectivity index (χ1) is 8.05. The average molecular weight is 257 g/mol. The Bertz CT molecular complexity index is 446. The van der Waals surface area contributed by atoms with Gasteiger partial charge in [-0.25, -0.2) is 13.1 Å². The predicted molar refractivity (Wildman–Crippen MR) is 68.1 cm³/mol. The molecule has 0 radical (unpaired) electrons. The molecule has 6 heteroatoms. The lowest BCUT2D eigenvalue weighted by molar-refractivity contribution is 0.577. The second kappa shape index (κ2) is 6.68. The highest BCUT2D eigenvalue weighted by Crippen LogP contribution is 2.04. The van der Waals surface area contributed by atoms with E-state index < -0.39 is 10.0 Å². The molecule has 0 saturated heterocycles. The van der Waals surface area contributed by atoms with Crippen molar-refractivity contribution in [1.29, 1.82) is 0 Å². The van der Waals surface area contributed by atoms with Gasteiger partial charge in [0.05, 0.1) is 5.75 Å². The molecule has 0 spiro atoms. The van der Waals surface area contributed by atoms with Crippen LogP contribution in [0.2, 0.25) is 0 Å². The van der Waals surface area contributed by atoms with Crippen molar-refractivity contribution in [3.8, 4) is 0 Å². The average Bonchev–Trinajstić information content (AvgIpc) is 2.28. The van der Waals surface area contributed by atoms with Crippen LogP contribution >= 0.6 is 0 Å². The van der Waals surface area contributed by atoms with E-state index >= 15 is 0 Å². The van der Waals surface area contributed by atoms with E-state index in [1.165, 1.54) is 0 Å². The lowest BCUT2D eigenvalue weighted by atomic mass is 10.2. The summed E-state index contributed by atoms with van der Waals surface area (Å²) < 4.78 is 25.8. The van der Waals surface area contributed by atoms with Crippen LogP contribution in [-0.4, -0.2) is 32.2 Å². The Morgan fingerprint density at radius 1 is 1.41 bits per heavy atom. The number of nitrogens with one attached hydrogen (secondary N) is 2. The number of hydrogen-bond acceptors (Lipinski definition) is 4. The second-order valence-corrected chi connectivity index (χ2v) is 5.72. The maximum absolute atomic E-state index is 11.6. The lowest BCUT2D eigenvalue weighted by Crippen LogP contribution is -2.31. The first-order valence-electron chi connectivity index (χ1n) is 5.62. The topological polar surface area (TPSA) is 71.1 Å². The zero-order chi connectivity index (χ0) is 12.7. The molecule has 1 heterocycles. The molecule has 0 atom stereocenters. The van der Waals surface area contributed by atoms with Gasteiger partial charge in [0.15, 0.2) is 0 Å². The number of nitrogens with zero attached hydrogens (tertiary/aromatic N) is 1. The van der Waals surface area contributed by atoms with E-state index in [-0.39, 0.29) is 5.75 Å². The smallest absolute Gasteiger partial charge is 0.213 e. The molecular weight excluding hydrogens is 238 g/mol. The van der Waals surface area contributed by atoms with Crippen LogP contribution in [0, 0.1) is 6.92 Å². The van der Waals surface area contributed by atoms with E-state index in [1.807, 2.05) is 19.9 Å². The van der Waals surface area contributed by atoms with E-state index in [2.05, 4.69) is 15.0 Å². The minimum atomic E-state index is -3.20. The van der Waals surface area contributed by atoms with Gasteiger partial charge < -0.3 is 5.32 Å². The van der Waals surface area contributed by atoms with Crippen molar-refractivity contribution in [2.45, 2.75) is 20.4 Å². The molecular formula is C11H19N3O2S. The maximum atomic E-state index is 11.6. The number of pyridine rings is 1. The summed E-state index contributed by atoms with van der Waals surface area (Å²) >= 11 is 0. The number of aryl methyl sites for hydroxylation is 1. The van der Waals surface area contributed by atoms with Crippen molar-refractivity contribution in [2.75, 3.05) is 18.8 Å². The lowest BCUT2D eigenvalue weighted by Gasteiger charge is -2.08. The molecule has 0 aliphatic carbocycles. The van der Waals surface area contributed by atoms with Gasteiger partial charge in [-0.3, -0.25) is 4.98 Å².